The molecule has 6 atom stereocenters. The first kappa shape index (κ1) is 58.0. The number of nitro benzene ring substituents is 2. The molecule has 0 fully saturated rings. The molecule has 0 saturated carbocycles. The number of amides is 6. The Balaban J connectivity index is 1.66. The highest BCUT2D eigenvalue weighted by atomic mass is 16.6. The minimum absolute atomic E-state index is 0.00678. The number of carbonyl (C=O) groups is 6. The van der Waals surface area contributed by atoms with Crippen LogP contribution in [0.2, 0.25) is 0 Å². The Kier molecular flexibility index (Phi) is 21.3. The fourth-order valence-corrected chi connectivity index (χ4v) is 7.67. The summed E-state index contributed by atoms with van der Waals surface area (Å²) in [7, 11) is -1.85. The topological polar surface area (TPSA) is 328 Å². The Labute approximate surface area is 423 Å². The predicted molar refractivity (Wildman–Crippen MR) is 268 cm³/mol. The predicted octanol–water partition coefficient (Wildman–Crippen LogP) is 2.44. The number of ether oxygens (including phenoxy) is 1. The van der Waals surface area contributed by atoms with E-state index in [4.69, 9.17) is 4.74 Å². The Hall–Kier alpha value is -7.57. The van der Waals surface area contributed by atoms with Gasteiger partial charge in [0.2, 0.25) is 35.4 Å². The second-order valence-corrected chi connectivity index (χ2v) is 19.1. The van der Waals surface area contributed by atoms with E-state index in [0.717, 1.165) is 30.2 Å². The summed E-state index contributed by atoms with van der Waals surface area (Å²) in [6, 6.07) is 12.4. The molecule has 0 bridgehead atoms. The van der Waals surface area contributed by atoms with Gasteiger partial charge >= 0.3 is 7.12 Å². The van der Waals surface area contributed by atoms with Gasteiger partial charge in [-0.3, -0.25) is 53.6 Å². The molecule has 0 saturated heterocycles. The fourth-order valence-electron chi connectivity index (χ4n) is 7.67. The molecule has 8 N–H and O–H groups in total. The zero-order chi connectivity index (χ0) is 54.2. The van der Waals surface area contributed by atoms with E-state index in [1.54, 1.807) is 76.2 Å². The highest BCUT2D eigenvalue weighted by Crippen LogP contribution is 2.28. The van der Waals surface area contributed by atoms with E-state index in [-0.39, 0.29) is 49.6 Å². The van der Waals surface area contributed by atoms with E-state index < -0.39 is 112 Å². The summed E-state index contributed by atoms with van der Waals surface area (Å²) in [6.07, 6.45) is 2.52. The van der Waals surface area contributed by atoms with Crippen molar-refractivity contribution in [1.29, 1.82) is 0 Å². The molecule has 4 aromatic rings. The van der Waals surface area contributed by atoms with Gasteiger partial charge in [0.25, 0.3) is 11.4 Å². The van der Waals surface area contributed by atoms with Crippen molar-refractivity contribution in [2.75, 3.05) is 6.61 Å². The van der Waals surface area contributed by atoms with Crippen LogP contribution in [-0.4, -0.2) is 115 Å². The van der Waals surface area contributed by atoms with Gasteiger partial charge in [-0.15, -0.1) is 0 Å². The maximum atomic E-state index is 14.6. The van der Waals surface area contributed by atoms with E-state index in [1.807, 2.05) is 26.8 Å². The smallest absolute Gasteiger partial charge is 0.426 e. The molecular weight excluding hydrogens is 947 g/mol. The molecule has 0 aliphatic carbocycles. The minimum Gasteiger partial charge on any atom is -0.426 e. The molecule has 6 amide bonds. The molecular formula is C49H65BN10O13. The molecule has 0 aliphatic heterocycles. The van der Waals surface area contributed by atoms with Crippen molar-refractivity contribution in [3.8, 4) is 5.69 Å². The van der Waals surface area contributed by atoms with Crippen LogP contribution >= 0.6 is 0 Å². The summed E-state index contributed by atoms with van der Waals surface area (Å²) >= 11 is 0. The monoisotopic (exact) mass is 1010 g/mol. The number of nitrogens with zero attached hydrogens (tertiary/aromatic N) is 4. The third-order valence-corrected chi connectivity index (χ3v) is 11.6. The lowest BCUT2D eigenvalue weighted by atomic mass is 9.77. The van der Waals surface area contributed by atoms with Crippen molar-refractivity contribution >= 4 is 53.9 Å². The number of nitrogens with one attached hydrogen (secondary N) is 6. The SMILES string of the molecule is CCC(NC(=O)[C@H](CC(C)C)NC(=O)[C@@H](NC(=O)[C@H](Cc1ccccc1C)NC(=O)[C@@H](COCc1ccccc1)NC(=O)[C@H](Cc1cn(-c2ccc([N+](=O)[O-])cc2[N+](=O)[O-])cn1)NC(C)=O)C(C)(C)C)B(O)O. The normalized spacial score (nSPS) is 13.8. The van der Waals surface area contributed by atoms with Crippen molar-refractivity contribution in [2.24, 2.45) is 11.3 Å². The van der Waals surface area contributed by atoms with Gasteiger partial charge in [0.05, 0.1) is 47.1 Å². The lowest BCUT2D eigenvalue weighted by molar-refractivity contribution is -0.394. The van der Waals surface area contributed by atoms with Crippen LogP contribution in [0.25, 0.3) is 5.69 Å². The van der Waals surface area contributed by atoms with Crippen LogP contribution in [0.4, 0.5) is 11.4 Å². The molecule has 1 heterocycles. The highest BCUT2D eigenvalue weighted by molar-refractivity contribution is 6.43. The summed E-state index contributed by atoms with van der Waals surface area (Å²) in [5.74, 6) is -5.66. The van der Waals surface area contributed by atoms with Crippen LogP contribution < -0.4 is 31.9 Å². The standard InChI is InChI=1S/C49H65BN10O13/c1-9-42(50(67)68)56-45(63)36(21-29(2)3)54-48(66)43(49(6,7)8)57-46(64)37(22-33-18-14-13-15-30(33)4)53-47(65)39(27-73-26-32-16-11-10-12-17-32)55-44(62)38(52-31(5)61)23-34-25-58(28-51-34)40-20-19-35(59(69)70)24-41(40)60(71)72/h10-20,24-25,28-29,36-39,42-43,67-68H,9,21-23,26-27H2,1-8H3,(H,52,61)(H,53,65)(H,54,66)(H,55,62)(H,56,63)(H,57,64)/t36-,37-,38-,39+,42?,43+/m0/s1. The molecule has 3 aromatic carbocycles. The Morgan fingerprint density at radius 1 is 0.753 bits per heavy atom. The van der Waals surface area contributed by atoms with Crippen LogP contribution in [0.1, 0.15) is 83.7 Å². The van der Waals surface area contributed by atoms with E-state index >= 15 is 0 Å². The molecule has 0 radical (unpaired) electrons. The van der Waals surface area contributed by atoms with Gasteiger partial charge in [0, 0.05) is 32.0 Å². The number of rotatable bonds is 26. The number of hydrogen-bond acceptors (Lipinski definition) is 14. The summed E-state index contributed by atoms with van der Waals surface area (Å²) in [5.41, 5.74) is 0.189. The molecule has 24 heteroatoms. The quantitative estimate of drug-likeness (QED) is 0.0255. The van der Waals surface area contributed by atoms with E-state index in [2.05, 4.69) is 36.9 Å². The number of carbonyl (C=O) groups excluding carboxylic acids is 6. The molecule has 1 unspecified atom stereocenters. The van der Waals surface area contributed by atoms with Crippen molar-refractivity contribution < 1.29 is 53.4 Å². The minimum atomic E-state index is -1.85. The van der Waals surface area contributed by atoms with Crippen LogP contribution in [0.5, 0.6) is 0 Å². The largest absolute Gasteiger partial charge is 0.475 e. The first-order chi connectivity index (χ1) is 34.4. The van der Waals surface area contributed by atoms with Crippen molar-refractivity contribution in [3.63, 3.8) is 0 Å². The van der Waals surface area contributed by atoms with E-state index in [0.29, 0.717) is 5.56 Å². The second-order valence-electron chi connectivity index (χ2n) is 19.1. The van der Waals surface area contributed by atoms with Gasteiger partial charge in [0.1, 0.15) is 35.9 Å². The van der Waals surface area contributed by atoms with Gasteiger partial charge in [-0.1, -0.05) is 96.1 Å². The van der Waals surface area contributed by atoms with Gasteiger partial charge in [-0.05, 0) is 53.9 Å². The first-order valence-corrected chi connectivity index (χ1v) is 23.7. The van der Waals surface area contributed by atoms with Crippen LogP contribution in [0, 0.1) is 38.5 Å². The molecule has 23 nitrogen and oxygen atoms in total. The number of aryl methyl sites for hydroxylation is 1. The lowest BCUT2D eigenvalue weighted by Gasteiger charge is -2.34. The zero-order valence-electron chi connectivity index (χ0n) is 42.1. The average Bonchev–Trinajstić information content (AvgIpc) is 3.79. The number of aromatic nitrogens is 2. The molecule has 4 rings (SSSR count). The van der Waals surface area contributed by atoms with E-state index in [1.165, 1.54) is 23.2 Å². The first-order valence-electron chi connectivity index (χ1n) is 23.7. The maximum Gasteiger partial charge on any atom is 0.475 e. The third-order valence-electron chi connectivity index (χ3n) is 11.6. The van der Waals surface area contributed by atoms with Gasteiger partial charge in [-0.25, -0.2) is 4.98 Å². The number of imidazole rings is 1. The molecule has 392 valence electrons. The lowest BCUT2D eigenvalue weighted by Crippen LogP contribution is -2.62. The van der Waals surface area contributed by atoms with Crippen molar-refractivity contribution in [3.05, 3.63) is 128 Å². The highest BCUT2D eigenvalue weighted by Gasteiger charge is 2.39. The van der Waals surface area contributed by atoms with E-state index in [9.17, 15) is 59.0 Å². The number of benzene rings is 3. The molecule has 0 spiro atoms. The van der Waals surface area contributed by atoms with Gasteiger partial charge in [0.15, 0.2) is 0 Å². The molecule has 1 aromatic heterocycles. The summed E-state index contributed by atoms with van der Waals surface area (Å²) < 4.78 is 7.18. The summed E-state index contributed by atoms with van der Waals surface area (Å²) in [4.78, 5) is 110. The van der Waals surface area contributed by atoms with Crippen LogP contribution in [0.3, 0.4) is 0 Å². The number of nitro groups is 2. The van der Waals surface area contributed by atoms with Gasteiger partial charge < -0.3 is 46.7 Å². The summed E-state index contributed by atoms with van der Waals surface area (Å²) in [5, 5.41) is 58.8. The average molecular weight is 1010 g/mol. The Bertz CT molecular complexity index is 2590. The van der Waals surface area contributed by atoms with Gasteiger partial charge in [-0.2, -0.15) is 0 Å². The maximum absolute atomic E-state index is 14.6. The third kappa shape index (κ3) is 17.6. The molecule has 0 aliphatic rings. The van der Waals surface area contributed by atoms with Crippen molar-refractivity contribution in [2.45, 2.75) is 124 Å². The van der Waals surface area contributed by atoms with Crippen LogP contribution in [-0.2, 0) is 53.0 Å². The fraction of sp³-hybridized carbons (Fsp3) is 0.449. The Morgan fingerprint density at radius 3 is 1.93 bits per heavy atom. The second kappa shape index (κ2) is 26.8. The number of non-ortho nitro benzene ring substituents is 1. The number of hydrogen-bond donors (Lipinski definition) is 8. The summed E-state index contributed by atoms with van der Waals surface area (Å²) in [6.45, 7) is 13.0. The molecule has 73 heavy (non-hydrogen) atoms. The zero-order valence-corrected chi connectivity index (χ0v) is 42.1. The van der Waals surface area contributed by atoms with Crippen LogP contribution in [0.15, 0.2) is 85.3 Å². The Morgan fingerprint density at radius 2 is 1.34 bits per heavy atom. The van der Waals surface area contributed by atoms with Crippen molar-refractivity contribution in [1.82, 2.24) is 41.5 Å².